The molecule has 1 heteroatoms. The van der Waals surface area contributed by atoms with Crippen molar-refractivity contribution in [2.24, 2.45) is 50.2 Å². The lowest BCUT2D eigenvalue weighted by Gasteiger charge is -2.71. The van der Waals surface area contributed by atoms with Crippen LogP contribution < -0.4 is 0 Å². The second kappa shape index (κ2) is 6.43. The minimum Gasteiger partial charge on any atom is -0.393 e. The summed E-state index contributed by atoms with van der Waals surface area (Å²) in [6, 6.07) is 0. The van der Waals surface area contributed by atoms with Gasteiger partial charge in [0.2, 0.25) is 0 Å². The highest BCUT2D eigenvalue weighted by Gasteiger charge is 2.67. The van der Waals surface area contributed by atoms with E-state index in [9.17, 15) is 5.11 Å². The molecule has 1 N–H and O–H groups in total. The molecule has 0 saturated heterocycles. The average molecular weight is 427 g/mol. The standard InChI is InChI=1S/C30H50O/c1-25(2)15-16-27(5)17-18-29(7)20(21(27)19-25)9-10-23-28(6)13-12-24(31)26(3,4)22(28)11-14-30(23,29)8/h9,21-24,31H,10-19H2,1-8H3/t21?,22?,23?,24-,27-,28+,29-,30-/m1/s1. The van der Waals surface area contributed by atoms with Crippen LogP contribution in [0.4, 0.5) is 0 Å². The number of hydrogen-bond donors (Lipinski definition) is 1. The molecule has 1 nitrogen and oxygen atoms in total. The van der Waals surface area contributed by atoms with Crippen LogP contribution in [-0.2, 0) is 0 Å². The molecule has 0 aromatic heterocycles. The number of hydrogen-bond acceptors (Lipinski definition) is 1. The summed E-state index contributed by atoms with van der Waals surface area (Å²) < 4.78 is 0. The summed E-state index contributed by atoms with van der Waals surface area (Å²) in [6.45, 7) is 20.4. The molecule has 0 amide bonds. The summed E-state index contributed by atoms with van der Waals surface area (Å²) in [6.07, 6.45) is 15.9. The van der Waals surface area contributed by atoms with E-state index in [2.05, 4.69) is 61.5 Å². The van der Waals surface area contributed by atoms with Crippen LogP contribution in [0.1, 0.15) is 120 Å². The first-order valence-electron chi connectivity index (χ1n) is 13.6. The zero-order valence-electron chi connectivity index (χ0n) is 21.9. The molecule has 0 heterocycles. The molecule has 0 bridgehead atoms. The van der Waals surface area contributed by atoms with Gasteiger partial charge in [0.25, 0.3) is 0 Å². The van der Waals surface area contributed by atoms with Crippen LogP contribution in [0.25, 0.3) is 0 Å². The lowest BCUT2D eigenvalue weighted by Crippen LogP contribution is -2.64. The van der Waals surface area contributed by atoms with Crippen molar-refractivity contribution < 1.29 is 5.11 Å². The number of aliphatic hydroxyl groups is 1. The highest BCUT2D eigenvalue weighted by molar-refractivity contribution is 5.33. The van der Waals surface area contributed by atoms with Crippen molar-refractivity contribution in [3.05, 3.63) is 11.6 Å². The first kappa shape index (κ1) is 22.5. The van der Waals surface area contributed by atoms with Crippen LogP contribution in [0.3, 0.4) is 0 Å². The van der Waals surface area contributed by atoms with E-state index in [1.807, 2.05) is 5.57 Å². The Morgan fingerprint density at radius 2 is 1.45 bits per heavy atom. The van der Waals surface area contributed by atoms with E-state index in [0.717, 1.165) is 18.3 Å². The number of aliphatic hydroxyl groups excluding tert-OH is 1. The van der Waals surface area contributed by atoms with Crippen molar-refractivity contribution in [1.82, 2.24) is 0 Å². The minimum atomic E-state index is -0.125. The van der Waals surface area contributed by atoms with E-state index >= 15 is 0 Å². The van der Waals surface area contributed by atoms with E-state index in [4.69, 9.17) is 0 Å². The number of fused-ring (bicyclic) bond motifs is 7. The maximum absolute atomic E-state index is 10.9. The molecule has 176 valence electrons. The van der Waals surface area contributed by atoms with Gasteiger partial charge in [-0.25, -0.2) is 0 Å². The Hall–Kier alpha value is -0.300. The topological polar surface area (TPSA) is 20.2 Å². The lowest BCUT2D eigenvalue weighted by atomic mass is 9.33. The summed E-state index contributed by atoms with van der Waals surface area (Å²) in [5, 5.41) is 10.9. The Bertz CT molecular complexity index is 790. The van der Waals surface area contributed by atoms with Gasteiger partial charge in [-0.1, -0.05) is 67.0 Å². The van der Waals surface area contributed by atoms with Gasteiger partial charge in [-0.15, -0.1) is 0 Å². The molecule has 31 heavy (non-hydrogen) atoms. The smallest absolute Gasteiger partial charge is 0.0594 e. The molecular weight excluding hydrogens is 376 g/mol. The predicted molar refractivity (Wildman–Crippen MR) is 131 cm³/mol. The van der Waals surface area contributed by atoms with E-state index in [1.54, 1.807) is 0 Å². The van der Waals surface area contributed by atoms with Crippen molar-refractivity contribution in [3.8, 4) is 0 Å². The van der Waals surface area contributed by atoms with Crippen molar-refractivity contribution in [2.45, 2.75) is 126 Å². The van der Waals surface area contributed by atoms with Gasteiger partial charge in [-0.3, -0.25) is 0 Å². The maximum atomic E-state index is 10.9. The Kier molecular flexibility index (Phi) is 4.66. The second-order valence-corrected chi connectivity index (χ2v) is 15.2. The quantitative estimate of drug-likeness (QED) is 0.387. The summed E-state index contributed by atoms with van der Waals surface area (Å²) in [5.74, 6) is 2.21. The Balaban J connectivity index is 1.57. The second-order valence-electron chi connectivity index (χ2n) is 15.2. The van der Waals surface area contributed by atoms with E-state index in [1.165, 1.54) is 57.8 Å². The fourth-order valence-corrected chi connectivity index (χ4v) is 10.5. The summed E-state index contributed by atoms with van der Waals surface area (Å²) >= 11 is 0. The summed E-state index contributed by atoms with van der Waals surface area (Å²) in [7, 11) is 0. The molecule has 5 aliphatic carbocycles. The monoisotopic (exact) mass is 426 g/mol. The zero-order valence-corrected chi connectivity index (χ0v) is 21.9. The van der Waals surface area contributed by atoms with Crippen LogP contribution in [-0.4, -0.2) is 11.2 Å². The van der Waals surface area contributed by atoms with Crippen LogP contribution in [0, 0.1) is 50.2 Å². The Labute approximate surface area is 192 Å². The van der Waals surface area contributed by atoms with Crippen molar-refractivity contribution in [1.29, 1.82) is 0 Å². The number of allylic oxidation sites excluding steroid dienone is 2. The normalized spacial score (nSPS) is 55.2. The van der Waals surface area contributed by atoms with Crippen LogP contribution >= 0.6 is 0 Å². The van der Waals surface area contributed by atoms with Crippen molar-refractivity contribution >= 4 is 0 Å². The molecule has 4 fully saturated rings. The largest absolute Gasteiger partial charge is 0.393 e. The van der Waals surface area contributed by atoms with Crippen molar-refractivity contribution in [2.75, 3.05) is 0 Å². The first-order chi connectivity index (χ1) is 14.2. The maximum Gasteiger partial charge on any atom is 0.0594 e. The molecule has 0 radical (unpaired) electrons. The van der Waals surface area contributed by atoms with Gasteiger partial charge < -0.3 is 5.11 Å². The SMILES string of the molecule is CC1(C)CC[C@]2(C)CC[C@]3(C)C(=CCC4[C@@]5(C)CC[C@@H](O)C(C)(C)C5CC[C@]43C)C2C1. The lowest BCUT2D eigenvalue weighted by molar-refractivity contribution is -0.202. The van der Waals surface area contributed by atoms with E-state index in [-0.39, 0.29) is 11.5 Å². The van der Waals surface area contributed by atoms with Crippen molar-refractivity contribution in [3.63, 3.8) is 0 Å². The van der Waals surface area contributed by atoms with E-state index in [0.29, 0.717) is 33.0 Å². The van der Waals surface area contributed by atoms with Gasteiger partial charge >= 0.3 is 0 Å². The summed E-state index contributed by atoms with van der Waals surface area (Å²) in [4.78, 5) is 0. The average Bonchev–Trinajstić information content (AvgIpc) is 2.67. The highest BCUT2D eigenvalue weighted by Crippen LogP contribution is 2.75. The van der Waals surface area contributed by atoms with Gasteiger partial charge in [-0.05, 0) is 114 Å². The Morgan fingerprint density at radius 3 is 2.16 bits per heavy atom. The highest BCUT2D eigenvalue weighted by atomic mass is 16.3. The van der Waals surface area contributed by atoms with Gasteiger partial charge in [0.1, 0.15) is 0 Å². The molecule has 0 aromatic carbocycles. The third kappa shape index (κ3) is 2.77. The Morgan fingerprint density at radius 1 is 0.774 bits per heavy atom. The first-order valence-corrected chi connectivity index (χ1v) is 13.6. The van der Waals surface area contributed by atoms with Crippen LogP contribution in [0.2, 0.25) is 0 Å². The fourth-order valence-electron chi connectivity index (χ4n) is 10.5. The third-order valence-corrected chi connectivity index (χ3v) is 13.0. The fraction of sp³-hybridized carbons (Fsp3) is 0.933. The minimum absolute atomic E-state index is 0.0533. The number of rotatable bonds is 0. The van der Waals surface area contributed by atoms with Crippen LogP contribution in [0.5, 0.6) is 0 Å². The third-order valence-electron chi connectivity index (χ3n) is 13.0. The zero-order chi connectivity index (χ0) is 22.7. The van der Waals surface area contributed by atoms with Gasteiger partial charge in [-0.2, -0.15) is 0 Å². The van der Waals surface area contributed by atoms with Gasteiger partial charge in [0.15, 0.2) is 0 Å². The molecule has 3 unspecified atom stereocenters. The molecule has 8 atom stereocenters. The van der Waals surface area contributed by atoms with Gasteiger partial charge in [0.05, 0.1) is 6.10 Å². The summed E-state index contributed by atoms with van der Waals surface area (Å²) in [5.41, 5.74) is 4.09. The molecule has 0 spiro atoms. The van der Waals surface area contributed by atoms with E-state index < -0.39 is 0 Å². The van der Waals surface area contributed by atoms with Gasteiger partial charge in [0, 0.05) is 0 Å². The molecule has 5 aliphatic rings. The molecular formula is C30H50O. The molecule has 0 aromatic rings. The molecule has 0 aliphatic heterocycles. The molecule has 4 saturated carbocycles. The predicted octanol–water partition coefficient (Wildman–Crippen LogP) is 8.17. The van der Waals surface area contributed by atoms with Crippen LogP contribution in [0.15, 0.2) is 11.6 Å². The molecule has 5 rings (SSSR count).